The molecule has 1 fully saturated rings. The maximum Gasteiger partial charge on any atom is -0.00115 e. The van der Waals surface area contributed by atoms with E-state index in [1.807, 2.05) is 0 Å². The van der Waals surface area contributed by atoms with Gasteiger partial charge in [-0.3, -0.25) is 0 Å². The molecule has 1 aliphatic carbocycles. The Morgan fingerprint density at radius 1 is 1.38 bits per heavy atom. The van der Waals surface area contributed by atoms with Gasteiger partial charge in [0.2, 0.25) is 0 Å². The highest BCUT2D eigenvalue weighted by molar-refractivity contribution is 5.07. The van der Waals surface area contributed by atoms with Gasteiger partial charge in [0, 0.05) is 0 Å². The molecular weight excluding hydrogens is 196 g/mol. The van der Waals surface area contributed by atoms with Crippen molar-refractivity contribution >= 4 is 0 Å². The standard InChI is InChI=1S/C14H26N2/c1-16-10-7-14(8-11-16)12-15-9-6-13-4-2-3-5-13/h4,14-15H,2-3,5-12H2,1H3. The van der Waals surface area contributed by atoms with E-state index in [-0.39, 0.29) is 0 Å². The zero-order chi connectivity index (χ0) is 11.2. The van der Waals surface area contributed by atoms with Crippen molar-refractivity contribution in [2.24, 2.45) is 5.92 Å². The summed E-state index contributed by atoms with van der Waals surface area (Å²) in [7, 11) is 2.23. The van der Waals surface area contributed by atoms with E-state index in [1.165, 1.54) is 64.7 Å². The van der Waals surface area contributed by atoms with Crippen LogP contribution in [0.2, 0.25) is 0 Å². The molecule has 2 heteroatoms. The van der Waals surface area contributed by atoms with Crippen LogP contribution < -0.4 is 5.32 Å². The molecule has 0 saturated carbocycles. The fraction of sp³-hybridized carbons (Fsp3) is 0.857. The molecule has 16 heavy (non-hydrogen) atoms. The van der Waals surface area contributed by atoms with Crippen LogP contribution in [0.1, 0.15) is 38.5 Å². The molecular formula is C14H26N2. The first-order chi connectivity index (χ1) is 7.84. The average molecular weight is 222 g/mol. The second-order valence-electron chi connectivity index (χ2n) is 5.46. The van der Waals surface area contributed by atoms with E-state index in [9.17, 15) is 0 Å². The molecule has 0 spiro atoms. The minimum Gasteiger partial charge on any atom is -0.316 e. The topological polar surface area (TPSA) is 15.3 Å². The Labute approximate surface area is 100 Å². The molecule has 0 amide bonds. The highest BCUT2D eigenvalue weighted by Gasteiger charge is 2.15. The van der Waals surface area contributed by atoms with Crippen LogP contribution in [0.5, 0.6) is 0 Å². The van der Waals surface area contributed by atoms with Crippen molar-refractivity contribution < 1.29 is 0 Å². The molecule has 2 aliphatic rings. The molecule has 0 bridgehead atoms. The van der Waals surface area contributed by atoms with Gasteiger partial charge in [0.1, 0.15) is 0 Å². The summed E-state index contributed by atoms with van der Waals surface area (Å²) >= 11 is 0. The molecule has 1 N–H and O–H groups in total. The first-order valence-corrected chi connectivity index (χ1v) is 6.92. The van der Waals surface area contributed by atoms with Gasteiger partial charge in [-0.2, -0.15) is 0 Å². The van der Waals surface area contributed by atoms with Crippen LogP contribution in [-0.2, 0) is 0 Å². The molecule has 1 aliphatic heterocycles. The predicted octanol–water partition coefficient (Wildman–Crippen LogP) is 2.42. The van der Waals surface area contributed by atoms with Gasteiger partial charge >= 0.3 is 0 Å². The highest BCUT2D eigenvalue weighted by atomic mass is 15.1. The largest absolute Gasteiger partial charge is 0.316 e. The van der Waals surface area contributed by atoms with E-state index in [1.54, 1.807) is 5.57 Å². The molecule has 0 unspecified atom stereocenters. The minimum absolute atomic E-state index is 0.925. The lowest BCUT2D eigenvalue weighted by Gasteiger charge is -2.29. The Hall–Kier alpha value is -0.340. The van der Waals surface area contributed by atoms with Gasteiger partial charge < -0.3 is 10.2 Å². The summed E-state index contributed by atoms with van der Waals surface area (Å²) in [5.74, 6) is 0.925. The maximum absolute atomic E-state index is 3.64. The Bertz CT molecular complexity index is 227. The highest BCUT2D eigenvalue weighted by Crippen LogP contribution is 2.20. The average Bonchev–Trinajstić information content (AvgIpc) is 2.80. The molecule has 0 aromatic rings. The second kappa shape index (κ2) is 6.41. The quantitative estimate of drug-likeness (QED) is 0.568. The van der Waals surface area contributed by atoms with E-state index < -0.39 is 0 Å². The van der Waals surface area contributed by atoms with Crippen molar-refractivity contribution in [3.63, 3.8) is 0 Å². The molecule has 1 heterocycles. The number of hydrogen-bond acceptors (Lipinski definition) is 2. The van der Waals surface area contributed by atoms with Gasteiger partial charge in [-0.05, 0) is 77.7 Å². The fourth-order valence-corrected chi connectivity index (χ4v) is 2.79. The van der Waals surface area contributed by atoms with E-state index >= 15 is 0 Å². The zero-order valence-electron chi connectivity index (χ0n) is 10.7. The Balaban J connectivity index is 1.51. The van der Waals surface area contributed by atoms with Gasteiger partial charge in [0.15, 0.2) is 0 Å². The van der Waals surface area contributed by atoms with Gasteiger partial charge in [0.05, 0.1) is 0 Å². The van der Waals surface area contributed by atoms with E-state index in [0.717, 1.165) is 5.92 Å². The molecule has 1 saturated heterocycles. The lowest BCUT2D eigenvalue weighted by Crippen LogP contribution is -2.35. The van der Waals surface area contributed by atoms with Crippen molar-refractivity contribution in [3.05, 3.63) is 11.6 Å². The first kappa shape index (κ1) is 12.1. The summed E-state index contributed by atoms with van der Waals surface area (Å²) in [4.78, 5) is 2.44. The summed E-state index contributed by atoms with van der Waals surface area (Å²) in [6, 6.07) is 0. The predicted molar refractivity (Wildman–Crippen MR) is 69.6 cm³/mol. The van der Waals surface area contributed by atoms with Crippen LogP contribution >= 0.6 is 0 Å². The second-order valence-corrected chi connectivity index (χ2v) is 5.46. The molecule has 0 aromatic heterocycles. The third kappa shape index (κ3) is 3.91. The van der Waals surface area contributed by atoms with Crippen LogP contribution in [0.4, 0.5) is 0 Å². The van der Waals surface area contributed by atoms with Crippen LogP contribution in [-0.4, -0.2) is 38.1 Å². The number of piperidine rings is 1. The first-order valence-electron chi connectivity index (χ1n) is 6.92. The molecule has 92 valence electrons. The van der Waals surface area contributed by atoms with E-state index in [2.05, 4.69) is 23.3 Å². The van der Waals surface area contributed by atoms with Crippen molar-refractivity contribution in [3.8, 4) is 0 Å². The lowest BCUT2D eigenvalue weighted by molar-refractivity contribution is 0.216. The fourth-order valence-electron chi connectivity index (χ4n) is 2.79. The Kier molecular flexibility index (Phi) is 4.86. The van der Waals surface area contributed by atoms with Gasteiger partial charge in [-0.1, -0.05) is 11.6 Å². The third-order valence-corrected chi connectivity index (χ3v) is 4.03. The molecule has 0 aromatic carbocycles. The van der Waals surface area contributed by atoms with Crippen LogP contribution in [0.15, 0.2) is 11.6 Å². The van der Waals surface area contributed by atoms with Crippen LogP contribution in [0.25, 0.3) is 0 Å². The van der Waals surface area contributed by atoms with Gasteiger partial charge in [-0.15, -0.1) is 0 Å². The van der Waals surface area contributed by atoms with Crippen molar-refractivity contribution in [1.29, 1.82) is 0 Å². The molecule has 0 atom stereocenters. The number of nitrogens with one attached hydrogen (secondary N) is 1. The number of likely N-dealkylation sites (tertiary alicyclic amines) is 1. The van der Waals surface area contributed by atoms with Crippen molar-refractivity contribution in [2.45, 2.75) is 38.5 Å². The SMILES string of the molecule is CN1CCC(CNCCC2=CCCC2)CC1. The van der Waals surface area contributed by atoms with E-state index in [0.29, 0.717) is 0 Å². The third-order valence-electron chi connectivity index (χ3n) is 4.03. The monoisotopic (exact) mass is 222 g/mol. The minimum atomic E-state index is 0.925. The normalized spacial score (nSPS) is 23.7. The van der Waals surface area contributed by atoms with Crippen molar-refractivity contribution in [2.75, 3.05) is 33.2 Å². The molecule has 0 radical (unpaired) electrons. The summed E-state index contributed by atoms with van der Waals surface area (Å²) in [5, 5.41) is 3.64. The molecule has 2 nitrogen and oxygen atoms in total. The number of nitrogens with zero attached hydrogens (tertiary/aromatic N) is 1. The number of allylic oxidation sites excluding steroid dienone is 1. The maximum atomic E-state index is 3.64. The van der Waals surface area contributed by atoms with Gasteiger partial charge in [0.25, 0.3) is 0 Å². The lowest BCUT2D eigenvalue weighted by atomic mass is 9.97. The Morgan fingerprint density at radius 3 is 2.88 bits per heavy atom. The van der Waals surface area contributed by atoms with Crippen LogP contribution in [0, 0.1) is 5.92 Å². The van der Waals surface area contributed by atoms with E-state index in [4.69, 9.17) is 0 Å². The summed E-state index contributed by atoms with van der Waals surface area (Å²) in [6.07, 6.45) is 10.6. The number of hydrogen-bond donors (Lipinski definition) is 1. The van der Waals surface area contributed by atoms with Crippen LogP contribution in [0.3, 0.4) is 0 Å². The zero-order valence-corrected chi connectivity index (χ0v) is 10.7. The van der Waals surface area contributed by atoms with Gasteiger partial charge in [-0.25, -0.2) is 0 Å². The summed E-state index contributed by atoms with van der Waals surface area (Å²) < 4.78 is 0. The molecule has 2 rings (SSSR count). The number of rotatable bonds is 5. The van der Waals surface area contributed by atoms with Crippen molar-refractivity contribution in [1.82, 2.24) is 10.2 Å². The smallest absolute Gasteiger partial charge is 0.00115 e. The Morgan fingerprint density at radius 2 is 2.19 bits per heavy atom. The summed E-state index contributed by atoms with van der Waals surface area (Å²) in [6.45, 7) is 5.01. The summed E-state index contributed by atoms with van der Waals surface area (Å²) in [5.41, 5.74) is 1.69.